The molecule has 0 aromatic heterocycles. The lowest BCUT2D eigenvalue weighted by Crippen LogP contribution is -2.40. The maximum atomic E-state index is 13.6. The first-order valence-electron chi connectivity index (χ1n) is 13.9. The Morgan fingerprint density at radius 3 is 2.30 bits per heavy atom. The van der Waals surface area contributed by atoms with Gasteiger partial charge in [0, 0.05) is 17.9 Å². The van der Waals surface area contributed by atoms with E-state index in [0.29, 0.717) is 19.3 Å². The number of aliphatic hydroxyl groups is 2. The number of hydrogen-bond donors (Lipinski definition) is 4. The number of alkyl carbamates (subject to hydrolysis) is 1. The van der Waals surface area contributed by atoms with Gasteiger partial charge in [0.25, 0.3) is 0 Å². The molecule has 0 saturated heterocycles. The van der Waals surface area contributed by atoms with Gasteiger partial charge in [0.1, 0.15) is 6.61 Å². The maximum Gasteiger partial charge on any atom is 0.407 e. The third-order valence-electron chi connectivity index (χ3n) is 7.16. The van der Waals surface area contributed by atoms with Crippen LogP contribution < -0.4 is 10.6 Å². The molecule has 4 rings (SSSR count). The van der Waals surface area contributed by atoms with Crippen molar-refractivity contribution < 1.29 is 24.5 Å². The highest BCUT2D eigenvalue weighted by molar-refractivity contribution is 5.80. The molecule has 2 amide bonds. The second kappa shape index (κ2) is 13.1. The van der Waals surface area contributed by atoms with Crippen molar-refractivity contribution in [1.29, 1.82) is 0 Å². The van der Waals surface area contributed by atoms with E-state index in [0.717, 1.165) is 27.8 Å². The van der Waals surface area contributed by atoms with Crippen LogP contribution in [0.25, 0.3) is 0 Å². The summed E-state index contributed by atoms with van der Waals surface area (Å²) in [7, 11) is 0. The number of fused-ring (bicyclic) bond motifs is 1. The SMILES string of the molecule is CC(C)(C)NC(=O)OCc1ccccc1C[C@@H](O)C[C@@H](Cc1ccccc1)C(=O)N[C@@H]1c2ccccc2C[C@H]1O. The van der Waals surface area contributed by atoms with E-state index in [1.807, 2.05) is 99.6 Å². The molecule has 3 aromatic rings. The van der Waals surface area contributed by atoms with Gasteiger partial charge in [-0.15, -0.1) is 0 Å². The quantitative estimate of drug-likeness (QED) is 0.298. The second-order valence-electron chi connectivity index (χ2n) is 11.7. The Morgan fingerprint density at radius 1 is 0.925 bits per heavy atom. The Labute approximate surface area is 236 Å². The Morgan fingerprint density at radius 2 is 1.57 bits per heavy atom. The highest BCUT2D eigenvalue weighted by atomic mass is 16.5. The number of carbonyl (C=O) groups excluding carboxylic acids is 2. The molecular formula is C33H40N2O5. The number of rotatable bonds is 10. The summed E-state index contributed by atoms with van der Waals surface area (Å²) in [4.78, 5) is 25.8. The van der Waals surface area contributed by atoms with Gasteiger partial charge in [0.2, 0.25) is 5.91 Å². The van der Waals surface area contributed by atoms with E-state index in [4.69, 9.17) is 4.74 Å². The van der Waals surface area contributed by atoms with E-state index in [1.165, 1.54) is 0 Å². The van der Waals surface area contributed by atoms with Crippen LogP contribution in [0.4, 0.5) is 4.79 Å². The van der Waals surface area contributed by atoms with E-state index in [1.54, 1.807) is 0 Å². The average molecular weight is 545 g/mol. The molecule has 7 nitrogen and oxygen atoms in total. The van der Waals surface area contributed by atoms with Crippen LogP contribution in [0.1, 0.15) is 61.1 Å². The number of nitrogens with one attached hydrogen (secondary N) is 2. The zero-order chi connectivity index (χ0) is 28.7. The number of hydrogen-bond acceptors (Lipinski definition) is 5. The van der Waals surface area contributed by atoms with E-state index in [9.17, 15) is 19.8 Å². The molecule has 3 aromatic carbocycles. The summed E-state index contributed by atoms with van der Waals surface area (Å²) in [6.07, 6.45) is -0.473. The highest BCUT2D eigenvalue weighted by Crippen LogP contribution is 2.32. The van der Waals surface area contributed by atoms with Gasteiger partial charge in [-0.25, -0.2) is 4.79 Å². The molecule has 4 atom stereocenters. The molecule has 7 heteroatoms. The van der Waals surface area contributed by atoms with Crippen molar-refractivity contribution in [2.24, 2.45) is 5.92 Å². The average Bonchev–Trinajstić information content (AvgIpc) is 3.22. The fourth-order valence-corrected chi connectivity index (χ4v) is 5.25. The molecule has 0 radical (unpaired) electrons. The smallest absolute Gasteiger partial charge is 0.407 e. The summed E-state index contributed by atoms with van der Waals surface area (Å²) in [6.45, 7) is 5.73. The fraction of sp³-hybridized carbons (Fsp3) is 0.394. The van der Waals surface area contributed by atoms with Crippen LogP contribution in [-0.4, -0.2) is 40.0 Å². The van der Waals surface area contributed by atoms with E-state index in [-0.39, 0.29) is 18.9 Å². The monoisotopic (exact) mass is 544 g/mol. The zero-order valence-electron chi connectivity index (χ0n) is 23.5. The summed E-state index contributed by atoms with van der Waals surface area (Å²) in [6, 6.07) is 24.6. The summed E-state index contributed by atoms with van der Waals surface area (Å²) >= 11 is 0. The molecule has 0 heterocycles. The maximum absolute atomic E-state index is 13.6. The molecule has 0 saturated carbocycles. The van der Waals surface area contributed by atoms with Crippen LogP contribution in [0.5, 0.6) is 0 Å². The van der Waals surface area contributed by atoms with Crippen molar-refractivity contribution in [3.8, 4) is 0 Å². The number of amides is 2. The summed E-state index contributed by atoms with van der Waals surface area (Å²) in [5.74, 6) is -0.697. The third kappa shape index (κ3) is 8.16. The number of aliphatic hydroxyl groups excluding tert-OH is 2. The van der Waals surface area contributed by atoms with E-state index >= 15 is 0 Å². The fourth-order valence-electron chi connectivity index (χ4n) is 5.25. The third-order valence-corrected chi connectivity index (χ3v) is 7.16. The van der Waals surface area contributed by atoms with Gasteiger partial charge in [0.15, 0.2) is 0 Å². The lowest BCUT2D eigenvalue weighted by molar-refractivity contribution is -0.127. The lowest BCUT2D eigenvalue weighted by atomic mass is 9.89. The van der Waals surface area contributed by atoms with Crippen molar-refractivity contribution in [2.75, 3.05) is 0 Å². The van der Waals surface area contributed by atoms with Crippen LogP contribution in [-0.2, 0) is 35.4 Å². The van der Waals surface area contributed by atoms with Crippen LogP contribution >= 0.6 is 0 Å². The van der Waals surface area contributed by atoms with Gasteiger partial charge in [-0.2, -0.15) is 0 Å². The number of benzene rings is 3. The minimum Gasteiger partial charge on any atom is -0.445 e. The highest BCUT2D eigenvalue weighted by Gasteiger charge is 2.34. The topological polar surface area (TPSA) is 108 Å². The van der Waals surface area contributed by atoms with Gasteiger partial charge >= 0.3 is 6.09 Å². The van der Waals surface area contributed by atoms with Gasteiger partial charge < -0.3 is 25.6 Å². The summed E-state index contributed by atoms with van der Waals surface area (Å²) < 4.78 is 5.42. The molecule has 0 fully saturated rings. The molecule has 212 valence electrons. The number of carbonyl (C=O) groups is 2. The first-order chi connectivity index (χ1) is 19.1. The van der Waals surface area contributed by atoms with Gasteiger partial charge in [-0.05, 0) is 67.9 Å². The minimum absolute atomic E-state index is 0.0811. The van der Waals surface area contributed by atoms with Crippen LogP contribution in [0.3, 0.4) is 0 Å². The Hall–Kier alpha value is -3.68. The van der Waals surface area contributed by atoms with Crippen molar-refractivity contribution in [3.05, 3.63) is 107 Å². The van der Waals surface area contributed by atoms with Crippen LogP contribution in [0.2, 0.25) is 0 Å². The molecule has 0 bridgehead atoms. The molecule has 1 aliphatic carbocycles. The molecule has 1 aliphatic rings. The lowest BCUT2D eigenvalue weighted by Gasteiger charge is -2.25. The van der Waals surface area contributed by atoms with Gasteiger partial charge in [-0.1, -0.05) is 78.9 Å². The van der Waals surface area contributed by atoms with Crippen LogP contribution in [0.15, 0.2) is 78.9 Å². The van der Waals surface area contributed by atoms with Crippen molar-refractivity contribution >= 4 is 12.0 Å². The Balaban J connectivity index is 1.44. The first kappa shape index (κ1) is 29.3. The van der Waals surface area contributed by atoms with Gasteiger partial charge in [-0.3, -0.25) is 4.79 Å². The molecule has 0 unspecified atom stereocenters. The Bertz CT molecular complexity index is 1290. The second-order valence-corrected chi connectivity index (χ2v) is 11.7. The predicted octanol–water partition coefficient (Wildman–Crippen LogP) is 4.64. The van der Waals surface area contributed by atoms with Gasteiger partial charge in [0.05, 0.1) is 18.2 Å². The van der Waals surface area contributed by atoms with E-state index < -0.39 is 35.8 Å². The van der Waals surface area contributed by atoms with Crippen molar-refractivity contribution in [3.63, 3.8) is 0 Å². The largest absolute Gasteiger partial charge is 0.445 e. The Kier molecular flexibility index (Phi) is 9.61. The molecular weight excluding hydrogens is 504 g/mol. The van der Waals surface area contributed by atoms with E-state index in [2.05, 4.69) is 10.6 Å². The molecule has 4 N–H and O–H groups in total. The minimum atomic E-state index is -0.801. The molecule has 40 heavy (non-hydrogen) atoms. The number of ether oxygens (including phenoxy) is 1. The zero-order valence-corrected chi connectivity index (χ0v) is 23.5. The molecule has 0 aliphatic heterocycles. The molecule has 0 spiro atoms. The van der Waals surface area contributed by atoms with Crippen LogP contribution in [0, 0.1) is 5.92 Å². The summed E-state index contributed by atoms with van der Waals surface area (Å²) in [5.41, 5.74) is 4.23. The standard InChI is InChI=1S/C33H40N2O5/c1-33(2,3)35-32(39)40-21-25-15-8-7-13-23(25)18-27(36)19-26(17-22-11-5-4-6-12-22)31(38)34-30-28-16-10-9-14-24(28)20-29(30)37/h4-16,26-27,29-30,36-37H,17-21H2,1-3H3,(H,34,38)(H,35,39)/t26-,27-,29-,30-/m1/s1. The predicted molar refractivity (Wildman–Crippen MR) is 155 cm³/mol. The first-order valence-corrected chi connectivity index (χ1v) is 13.9. The normalized spacial score (nSPS) is 17.9. The summed E-state index contributed by atoms with van der Waals surface area (Å²) in [5, 5.41) is 27.7. The van der Waals surface area contributed by atoms with Crippen molar-refractivity contribution in [1.82, 2.24) is 10.6 Å². The van der Waals surface area contributed by atoms with Crippen molar-refractivity contribution in [2.45, 2.75) is 76.9 Å².